The Balaban J connectivity index is 2.40. The largest absolute Gasteiger partial charge is 0.377 e. The Morgan fingerprint density at radius 3 is 2.55 bits per heavy atom. The lowest BCUT2D eigenvalue weighted by Crippen LogP contribution is -2.41. The van der Waals surface area contributed by atoms with Crippen LogP contribution in [0, 0.1) is 5.92 Å². The zero-order chi connectivity index (χ0) is 8.27. The Hall–Kier alpha value is -0.0800. The first-order valence-corrected chi connectivity index (χ1v) is 4.54. The van der Waals surface area contributed by atoms with Gasteiger partial charge in [0.2, 0.25) is 0 Å². The van der Waals surface area contributed by atoms with Crippen LogP contribution in [0.4, 0.5) is 0 Å². The van der Waals surface area contributed by atoms with Crippen LogP contribution in [0.25, 0.3) is 0 Å². The van der Waals surface area contributed by atoms with Crippen LogP contribution in [0.3, 0.4) is 0 Å². The van der Waals surface area contributed by atoms with E-state index in [-0.39, 0.29) is 0 Å². The van der Waals surface area contributed by atoms with Gasteiger partial charge >= 0.3 is 0 Å². The Labute approximate surface area is 69.3 Å². The van der Waals surface area contributed by atoms with E-state index in [1.54, 1.807) is 0 Å². The first kappa shape index (κ1) is 9.01. The molecule has 0 aromatic rings. The van der Waals surface area contributed by atoms with Gasteiger partial charge in [0, 0.05) is 12.6 Å². The van der Waals surface area contributed by atoms with Gasteiger partial charge in [-0.2, -0.15) is 0 Å². The topological polar surface area (TPSA) is 21.3 Å². The van der Waals surface area contributed by atoms with E-state index in [9.17, 15) is 0 Å². The minimum Gasteiger partial charge on any atom is -0.377 e. The number of likely N-dealkylation sites (N-methyl/N-ethyl adjacent to an activating group) is 1. The first-order valence-electron chi connectivity index (χ1n) is 4.54. The molecule has 1 fully saturated rings. The summed E-state index contributed by atoms with van der Waals surface area (Å²) < 4.78 is 5.60. The molecule has 0 aromatic heterocycles. The third kappa shape index (κ3) is 2.17. The van der Waals surface area contributed by atoms with Gasteiger partial charge in [-0.05, 0) is 25.8 Å². The van der Waals surface area contributed by atoms with Crippen LogP contribution in [0.5, 0.6) is 0 Å². The summed E-state index contributed by atoms with van der Waals surface area (Å²) >= 11 is 0. The summed E-state index contributed by atoms with van der Waals surface area (Å²) in [4.78, 5) is 0. The van der Waals surface area contributed by atoms with Crippen LogP contribution in [-0.4, -0.2) is 25.8 Å². The molecule has 1 saturated heterocycles. The van der Waals surface area contributed by atoms with Gasteiger partial charge in [0.25, 0.3) is 0 Å². The Morgan fingerprint density at radius 2 is 2.18 bits per heavy atom. The lowest BCUT2D eigenvalue weighted by Gasteiger charge is -2.25. The molecule has 11 heavy (non-hydrogen) atoms. The summed E-state index contributed by atoms with van der Waals surface area (Å²) in [6, 6.07) is 0.539. The van der Waals surface area contributed by atoms with Crippen molar-refractivity contribution < 1.29 is 4.74 Å². The molecule has 0 amide bonds. The van der Waals surface area contributed by atoms with Gasteiger partial charge in [0.05, 0.1) is 6.10 Å². The predicted molar refractivity (Wildman–Crippen MR) is 46.7 cm³/mol. The highest BCUT2D eigenvalue weighted by molar-refractivity contribution is 4.81. The van der Waals surface area contributed by atoms with Gasteiger partial charge in [-0.3, -0.25) is 0 Å². The molecule has 0 spiro atoms. The minimum atomic E-state index is 0.458. The van der Waals surface area contributed by atoms with Crippen molar-refractivity contribution in [3.63, 3.8) is 0 Å². The summed E-state index contributed by atoms with van der Waals surface area (Å²) in [7, 11) is 2.02. The molecule has 0 saturated carbocycles. The van der Waals surface area contributed by atoms with Crippen molar-refractivity contribution in [3.05, 3.63) is 0 Å². The highest BCUT2D eigenvalue weighted by Gasteiger charge is 2.26. The Kier molecular flexibility index (Phi) is 3.34. The molecule has 2 unspecified atom stereocenters. The second-order valence-corrected chi connectivity index (χ2v) is 3.61. The maximum absolute atomic E-state index is 5.60. The standard InChI is InChI=1S/C9H19NO/c1-7(2)9(10-3)8-5-4-6-11-8/h7-10H,4-6H2,1-3H3. The van der Waals surface area contributed by atoms with Gasteiger partial charge < -0.3 is 10.1 Å². The molecule has 0 aliphatic carbocycles. The molecule has 66 valence electrons. The molecule has 1 N–H and O–H groups in total. The highest BCUT2D eigenvalue weighted by Crippen LogP contribution is 2.19. The van der Waals surface area contributed by atoms with Crippen LogP contribution in [0.1, 0.15) is 26.7 Å². The van der Waals surface area contributed by atoms with E-state index in [0.29, 0.717) is 18.1 Å². The molecule has 0 aromatic carbocycles. The molecule has 1 heterocycles. The Morgan fingerprint density at radius 1 is 1.45 bits per heavy atom. The molecule has 2 nitrogen and oxygen atoms in total. The van der Waals surface area contributed by atoms with E-state index in [2.05, 4.69) is 19.2 Å². The normalized spacial score (nSPS) is 27.8. The maximum Gasteiger partial charge on any atom is 0.0731 e. The van der Waals surface area contributed by atoms with E-state index in [4.69, 9.17) is 4.74 Å². The van der Waals surface area contributed by atoms with Crippen molar-refractivity contribution in [3.8, 4) is 0 Å². The molecule has 2 atom stereocenters. The van der Waals surface area contributed by atoms with E-state index in [0.717, 1.165) is 6.61 Å². The number of nitrogens with one attached hydrogen (secondary N) is 1. The number of rotatable bonds is 3. The predicted octanol–water partition coefficient (Wildman–Crippen LogP) is 1.41. The molecular formula is C9H19NO. The maximum atomic E-state index is 5.60. The number of hydrogen-bond donors (Lipinski definition) is 1. The van der Waals surface area contributed by atoms with E-state index in [1.165, 1.54) is 12.8 Å². The van der Waals surface area contributed by atoms with Crippen molar-refractivity contribution in [1.29, 1.82) is 0 Å². The van der Waals surface area contributed by atoms with Crippen molar-refractivity contribution in [2.75, 3.05) is 13.7 Å². The number of ether oxygens (including phenoxy) is 1. The van der Waals surface area contributed by atoms with Gasteiger partial charge in [0.1, 0.15) is 0 Å². The second-order valence-electron chi connectivity index (χ2n) is 3.61. The lowest BCUT2D eigenvalue weighted by atomic mass is 9.97. The number of hydrogen-bond acceptors (Lipinski definition) is 2. The van der Waals surface area contributed by atoms with E-state index >= 15 is 0 Å². The highest BCUT2D eigenvalue weighted by atomic mass is 16.5. The third-order valence-electron chi connectivity index (χ3n) is 2.42. The SMILES string of the molecule is CNC(C(C)C)C1CCCO1. The van der Waals surface area contributed by atoms with Crippen LogP contribution >= 0.6 is 0 Å². The molecule has 0 radical (unpaired) electrons. The van der Waals surface area contributed by atoms with Gasteiger partial charge in [0.15, 0.2) is 0 Å². The average molecular weight is 157 g/mol. The fourth-order valence-corrected chi connectivity index (χ4v) is 1.83. The fraction of sp³-hybridized carbons (Fsp3) is 1.00. The van der Waals surface area contributed by atoms with E-state index in [1.807, 2.05) is 7.05 Å². The molecule has 1 aliphatic rings. The van der Waals surface area contributed by atoms with Crippen molar-refractivity contribution in [1.82, 2.24) is 5.32 Å². The van der Waals surface area contributed by atoms with Crippen LogP contribution < -0.4 is 5.32 Å². The summed E-state index contributed by atoms with van der Waals surface area (Å²) in [5, 5.41) is 3.32. The molecule has 1 rings (SSSR count). The van der Waals surface area contributed by atoms with Crippen LogP contribution in [0.15, 0.2) is 0 Å². The third-order valence-corrected chi connectivity index (χ3v) is 2.42. The summed E-state index contributed by atoms with van der Waals surface area (Å²) in [5.41, 5.74) is 0. The molecule has 0 bridgehead atoms. The molecule has 1 aliphatic heterocycles. The quantitative estimate of drug-likeness (QED) is 0.669. The van der Waals surface area contributed by atoms with Gasteiger partial charge in [-0.25, -0.2) is 0 Å². The van der Waals surface area contributed by atoms with Crippen molar-refractivity contribution in [2.24, 2.45) is 5.92 Å². The van der Waals surface area contributed by atoms with Gasteiger partial charge in [-0.1, -0.05) is 13.8 Å². The second kappa shape index (κ2) is 4.07. The first-order chi connectivity index (χ1) is 5.25. The smallest absolute Gasteiger partial charge is 0.0731 e. The fourth-order valence-electron chi connectivity index (χ4n) is 1.83. The minimum absolute atomic E-state index is 0.458. The van der Waals surface area contributed by atoms with Crippen LogP contribution in [0.2, 0.25) is 0 Å². The van der Waals surface area contributed by atoms with Gasteiger partial charge in [-0.15, -0.1) is 0 Å². The molecular weight excluding hydrogens is 138 g/mol. The Bertz CT molecular complexity index is 108. The van der Waals surface area contributed by atoms with Crippen LogP contribution in [-0.2, 0) is 4.74 Å². The van der Waals surface area contributed by atoms with E-state index < -0.39 is 0 Å². The molecule has 2 heteroatoms. The average Bonchev–Trinajstić information content (AvgIpc) is 2.40. The monoisotopic (exact) mass is 157 g/mol. The lowest BCUT2D eigenvalue weighted by molar-refractivity contribution is 0.0662. The zero-order valence-corrected chi connectivity index (χ0v) is 7.76. The summed E-state index contributed by atoms with van der Waals surface area (Å²) in [6.07, 6.45) is 2.92. The summed E-state index contributed by atoms with van der Waals surface area (Å²) in [5.74, 6) is 0.670. The summed E-state index contributed by atoms with van der Waals surface area (Å²) in [6.45, 7) is 5.43. The van der Waals surface area contributed by atoms with Crippen molar-refractivity contribution in [2.45, 2.75) is 38.8 Å². The zero-order valence-electron chi connectivity index (χ0n) is 7.76. The van der Waals surface area contributed by atoms with Crippen molar-refractivity contribution >= 4 is 0 Å².